The molecule has 1 aliphatic heterocycles. The molecule has 2 heterocycles. The van der Waals surface area contributed by atoms with E-state index < -0.39 is 0 Å². The molecule has 5 nitrogen and oxygen atoms in total. The second-order valence-electron chi connectivity index (χ2n) is 5.89. The van der Waals surface area contributed by atoms with E-state index in [4.69, 9.17) is 0 Å². The zero-order chi connectivity index (χ0) is 14.2. The number of amides is 1. The van der Waals surface area contributed by atoms with Crippen LogP contribution >= 0.6 is 0 Å². The average Bonchev–Trinajstić information content (AvgIpc) is 3.28. The molecule has 1 aromatic carbocycles. The van der Waals surface area contributed by atoms with Gasteiger partial charge in [0.15, 0.2) is 5.82 Å². The molecule has 0 radical (unpaired) electrons. The van der Waals surface area contributed by atoms with Gasteiger partial charge < -0.3 is 9.88 Å². The topological polar surface area (TPSA) is 59.8 Å². The van der Waals surface area contributed by atoms with Crippen molar-refractivity contribution in [2.24, 2.45) is 5.92 Å². The maximum atomic E-state index is 11.7. The van der Waals surface area contributed by atoms with E-state index in [1.807, 2.05) is 24.3 Å². The molecular formula is C16H18N4O. The van der Waals surface area contributed by atoms with Crippen LogP contribution in [-0.4, -0.2) is 20.7 Å². The monoisotopic (exact) mass is 282 g/mol. The van der Waals surface area contributed by atoms with E-state index in [1.165, 1.54) is 12.8 Å². The summed E-state index contributed by atoms with van der Waals surface area (Å²) >= 11 is 0. The molecule has 108 valence electrons. The Kier molecular flexibility index (Phi) is 2.98. The highest BCUT2D eigenvalue weighted by molar-refractivity contribution is 5.94. The Labute approximate surface area is 123 Å². The molecule has 0 spiro atoms. The van der Waals surface area contributed by atoms with Crippen LogP contribution in [0.25, 0.3) is 11.4 Å². The summed E-state index contributed by atoms with van der Waals surface area (Å²) in [6.07, 6.45) is 5.45. The summed E-state index contributed by atoms with van der Waals surface area (Å²) in [4.78, 5) is 11.7. The van der Waals surface area contributed by atoms with Crippen LogP contribution in [0.15, 0.2) is 24.3 Å². The third-order valence-corrected chi connectivity index (χ3v) is 4.22. The fraction of sp³-hybridized carbons (Fsp3) is 0.438. The number of nitrogens with zero attached hydrogens (tertiary/aromatic N) is 3. The van der Waals surface area contributed by atoms with Crippen LogP contribution in [0.1, 0.15) is 31.5 Å². The van der Waals surface area contributed by atoms with Crippen LogP contribution in [0, 0.1) is 5.92 Å². The standard InChI is InChI=1S/C16H18N4O/c21-16(12-4-5-12)17-13-8-6-11(7-9-13)15-19-18-14-3-1-2-10-20(14)15/h6-9,12H,1-5,10H2,(H,17,21). The minimum Gasteiger partial charge on any atom is -0.326 e. The van der Waals surface area contributed by atoms with Crippen molar-refractivity contribution in [2.75, 3.05) is 5.32 Å². The number of carbonyl (C=O) groups excluding carboxylic acids is 1. The van der Waals surface area contributed by atoms with Crippen molar-refractivity contribution < 1.29 is 4.79 Å². The first-order valence-corrected chi connectivity index (χ1v) is 7.64. The second-order valence-corrected chi connectivity index (χ2v) is 5.89. The van der Waals surface area contributed by atoms with E-state index in [0.717, 1.165) is 48.7 Å². The van der Waals surface area contributed by atoms with Gasteiger partial charge in [0.1, 0.15) is 5.82 Å². The lowest BCUT2D eigenvalue weighted by Crippen LogP contribution is -2.13. The van der Waals surface area contributed by atoms with Gasteiger partial charge in [-0.15, -0.1) is 10.2 Å². The predicted octanol–water partition coefficient (Wildman–Crippen LogP) is 2.63. The maximum absolute atomic E-state index is 11.7. The molecule has 1 aliphatic carbocycles. The number of nitrogens with one attached hydrogen (secondary N) is 1. The lowest BCUT2D eigenvalue weighted by atomic mass is 10.1. The molecule has 21 heavy (non-hydrogen) atoms. The SMILES string of the molecule is O=C(Nc1ccc(-c2nnc3n2CCCC3)cc1)C1CC1. The fourth-order valence-corrected chi connectivity index (χ4v) is 2.81. The molecule has 1 fully saturated rings. The number of benzene rings is 1. The third kappa shape index (κ3) is 2.44. The molecule has 2 aliphatic rings. The van der Waals surface area contributed by atoms with Crippen LogP contribution in [-0.2, 0) is 17.8 Å². The molecule has 0 bridgehead atoms. The summed E-state index contributed by atoms with van der Waals surface area (Å²) < 4.78 is 2.21. The lowest BCUT2D eigenvalue weighted by molar-refractivity contribution is -0.117. The summed E-state index contributed by atoms with van der Waals surface area (Å²) in [5.74, 6) is 2.39. The average molecular weight is 282 g/mol. The summed E-state index contributed by atoms with van der Waals surface area (Å²) in [5, 5.41) is 11.6. The van der Waals surface area contributed by atoms with Crippen molar-refractivity contribution in [1.82, 2.24) is 14.8 Å². The second kappa shape index (κ2) is 4.98. The summed E-state index contributed by atoms with van der Waals surface area (Å²) in [7, 11) is 0. The zero-order valence-corrected chi connectivity index (χ0v) is 11.9. The number of aromatic nitrogens is 3. The fourth-order valence-electron chi connectivity index (χ4n) is 2.81. The number of carbonyl (C=O) groups is 1. The van der Waals surface area contributed by atoms with Gasteiger partial charge >= 0.3 is 0 Å². The van der Waals surface area contributed by atoms with Gasteiger partial charge in [-0.25, -0.2) is 0 Å². The minimum absolute atomic E-state index is 0.141. The van der Waals surface area contributed by atoms with Crippen molar-refractivity contribution in [2.45, 2.75) is 38.6 Å². The van der Waals surface area contributed by atoms with Gasteiger partial charge in [-0.3, -0.25) is 4.79 Å². The number of rotatable bonds is 3. The molecule has 2 aromatic rings. The lowest BCUT2D eigenvalue weighted by Gasteiger charge is -2.14. The smallest absolute Gasteiger partial charge is 0.227 e. The molecule has 1 saturated carbocycles. The van der Waals surface area contributed by atoms with Gasteiger partial charge in [-0.05, 0) is 49.9 Å². The third-order valence-electron chi connectivity index (χ3n) is 4.22. The van der Waals surface area contributed by atoms with Crippen LogP contribution in [0.2, 0.25) is 0 Å². The minimum atomic E-state index is 0.141. The number of aryl methyl sites for hydroxylation is 1. The molecular weight excluding hydrogens is 264 g/mol. The quantitative estimate of drug-likeness (QED) is 0.941. The van der Waals surface area contributed by atoms with Crippen molar-refractivity contribution in [3.63, 3.8) is 0 Å². The number of hydrogen-bond donors (Lipinski definition) is 1. The molecule has 0 unspecified atom stereocenters. The van der Waals surface area contributed by atoms with Crippen LogP contribution in [0.5, 0.6) is 0 Å². The van der Waals surface area contributed by atoms with Gasteiger partial charge in [0.05, 0.1) is 0 Å². The Morgan fingerprint density at radius 1 is 1.14 bits per heavy atom. The van der Waals surface area contributed by atoms with E-state index in [1.54, 1.807) is 0 Å². The van der Waals surface area contributed by atoms with Crippen molar-refractivity contribution >= 4 is 11.6 Å². The van der Waals surface area contributed by atoms with Crippen LogP contribution in [0.4, 0.5) is 5.69 Å². The Morgan fingerprint density at radius 3 is 2.71 bits per heavy atom. The predicted molar refractivity (Wildman–Crippen MR) is 79.7 cm³/mol. The highest BCUT2D eigenvalue weighted by Crippen LogP contribution is 2.30. The highest BCUT2D eigenvalue weighted by Gasteiger charge is 2.29. The van der Waals surface area contributed by atoms with E-state index in [9.17, 15) is 4.79 Å². The van der Waals surface area contributed by atoms with E-state index in [0.29, 0.717) is 0 Å². The highest BCUT2D eigenvalue weighted by atomic mass is 16.2. The molecule has 0 atom stereocenters. The summed E-state index contributed by atoms with van der Waals surface area (Å²) in [5.41, 5.74) is 1.91. The molecule has 1 N–H and O–H groups in total. The molecule has 1 amide bonds. The molecule has 4 rings (SSSR count). The number of hydrogen-bond acceptors (Lipinski definition) is 3. The molecule has 1 aromatic heterocycles. The van der Waals surface area contributed by atoms with Crippen molar-refractivity contribution in [3.05, 3.63) is 30.1 Å². The summed E-state index contributed by atoms with van der Waals surface area (Å²) in [6.45, 7) is 0.998. The normalized spacial score (nSPS) is 17.3. The van der Waals surface area contributed by atoms with E-state index in [2.05, 4.69) is 20.1 Å². The molecule has 0 saturated heterocycles. The maximum Gasteiger partial charge on any atom is 0.227 e. The van der Waals surface area contributed by atoms with Gasteiger partial charge in [0.25, 0.3) is 0 Å². The Morgan fingerprint density at radius 2 is 1.95 bits per heavy atom. The van der Waals surface area contributed by atoms with Crippen molar-refractivity contribution in [3.8, 4) is 11.4 Å². The van der Waals surface area contributed by atoms with E-state index >= 15 is 0 Å². The first kappa shape index (κ1) is 12.6. The van der Waals surface area contributed by atoms with Crippen molar-refractivity contribution in [1.29, 1.82) is 0 Å². The number of fused-ring (bicyclic) bond motifs is 1. The first-order valence-electron chi connectivity index (χ1n) is 7.64. The first-order chi connectivity index (χ1) is 10.3. The zero-order valence-electron chi connectivity index (χ0n) is 11.9. The Hall–Kier alpha value is -2.17. The van der Waals surface area contributed by atoms with Gasteiger partial charge in [-0.2, -0.15) is 0 Å². The van der Waals surface area contributed by atoms with E-state index in [-0.39, 0.29) is 11.8 Å². The molecule has 5 heteroatoms. The Balaban J connectivity index is 1.55. The Bertz CT molecular complexity index is 670. The largest absolute Gasteiger partial charge is 0.326 e. The number of anilines is 1. The van der Waals surface area contributed by atoms with Gasteiger partial charge in [0, 0.05) is 30.1 Å². The van der Waals surface area contributed by atoms with Gasteiger partial charge in [-0.1, -0.05) is 0 Å². The van der Waals surface area contributed by atoms with Crippen LogP contribution < -0.4 is 5.32 Å². The summed E-state index contributed by atoms with van der Waals surface area (Å²) in [6, 6.07) is 7.91. The van der Waals surface area contributed by atoms with Crippen LogP contribution in [0.3, 0.4) is 0 Å². The van der Waals surface area contributed by atoms with Gasteiger partial charge in [0.2, 0.25) is 5.91 Å².